The minimum absolute atomic E-state index is 0.337. The maximum atomic E-state index is 13.4. The number of aliphatic imine (C=N–C) groups is 1. The summed E-state index contributed by atoms with van der Waals surface area (Å²) in [7, 11) is 1.87. The van der Waals surface area contributed by atoms with Crippen molar-refractivity contribution in [3.05, 3.63) is 48.7 Å². The molecule has 2 aromatic heterocycles. The second-order valence-corrected chi connectivity index (χ2v) is 3.95. The number of imidazole rings is 1. The minimum Gasteiger partial charge on any atom is -0.471 e. The largest absolute Gasteiger partial charge is 0.471 e. The molecule has 0 radical (unpaired) electrons. The number of hydrogen-bond acceptors (Lipinski definition) is 3. The molecule has 0 saturated heterocycles. The highest BCUT2D eigenvalue weighted by Gasteiger charge is 2.05. The van der Waals surface area contributed by atoms with Crippen LogP contribution in [0.1, 0.15) is 5.82 Å². The third-order valence-electron chi connectivity index (χ3n) is 2.71. The zero-order chi connectivity index (χ0) is 12.5. The minimum atomic E-state index is -0.337. The standard InChI is InChI=1S/C13H10FN3O/c1-17-3-2-15-13(17)6-16-12-5-10(14)4-9-7-18-8-11(9)12/h2-8H,1H3. The molecule has 0 bridgehead atoms. The van der Waals surface area contributed by atoms with Crippen LogP contribution in [0.3, 0.4) is 0 Å². The van der Waals surface area contributed by atoms with Gasteiger partial charge in [0, 0.05) is 36.3 Å². The number of aromatic nitrogens is 2. The first-order chi connectivity index (χ1) is 8.74. The highest BCUT2D eigenvalue weighted by molar-refractivity contribution is 5.94. The van der Waals surface area contributed by atoms with E-state index in [9.17, 15) is 4.39 Å². The number of nitrogens with zero attached hydrogens (tertiary/aromatic N) is 3. The number of rotatable bonds is 2. The van der Waals surface area contributed by atoms with E-state index < -0.39 is 0 Å². The maximum absolute atomic E-state index is 13.4. The van der Waals surface area contributed by atoms with E-state index in [-0.39, 0.29) is 5.82 Å². The van der Waals surface area contributed by atoms with Gasteiger partial charge in [-0.15, -0.1) is 0 Å². The summed E-state index contributed by atoms with van der Waals surface area (Å²) in [5, 5.41) is 1.48. The number of fused-ring (bicyclic) bond motifs is 1. The van der Waals surface area contributed by atoms with Crippen molar-refractivity contribution in [1.82, 2.24) is 9.55 Å². The van der Waals surface area contributed by atoms with Crippen molar-refractivity contribution in [2.45, 2.75) is 0 Å². The first-order valence-electron chi connectivity index (χ1n) is 5.41. The summed E-state index contributed by atoms with van der Waals surface area (Å²) < 4.78 is 20.3. The summed E-state index contributed by atoms with van der Waals surface area (Å²) in [6.45, 7) is 0. The van der Waals surface area contributed by atoms with Crippen LogP contribution in [-0.4, -0.2) is 15.8 Å². The van der Waals surface area contributed by atoms with Gasteiger partial charge in [0.05, 0.1) is 18.2 Å². The van der Waals surface area contributed by atoms with Crippen LogP contribution in [0, 0.1) is 5.82 Å². The summed E-state index contributed by atoms with van der Waals surface area (Å²) in [6, 6.07) is 2.79. The van der Waals surface area contributed by atoms with Gasteiger partial charge in [-0.1, -0.05) is 0 Å². The molecule has 0 aliphatic rings. The van der Waals surface area contributed by atoms with Crippen LogP contribution in [0.5, 0.6) is 0 Å². The summed E-state index contributed by atoms with van der Waals surface area (Å²) >= 11 is 0. The van der Waals surface area contributed by atoms with Crippen LogP contribution in [0.15, 0.2) is 46.5 Å². The molecule has 0 saturated carbocycles. The van der Waals surface area contributed by atoms with Crippen LogP contribution in [-0.2, 0) is 7.05 Å². The van der Waals surface area contributed by atoms with Gasteiger partial charge < -0.3 is 8.98 Å². The molecule has 0 fully saturated rings. The van der Waals surface area contributed by atoms with Crippen LogP contribution in [0.2, 0.25) is 0 Å². The monoisotopic (exact) mass is 243 g/mol. The lowest BCUT2D eigenvalue weighted by Crippen LogP contribution is -1.94. The van der Waals surface area contributed by atoms with Gasteiger partial charge in [-0.25, -0.2) is 9.37 Å². The number of halogens is 1. The fourth-order valence-corrected chi connectivity index (χ4v) is 1.76. The van der Waals surface area contributed by atoms with Gasteiger partial charge in [-0.2, -0.15) is 0 Å². The first kappa shape index (κ1) is 10.7. The second kappa shape index (κ2) is 4.10. The van der Waals surface area contributed by atoms with Gasteiger partial charge in [0.25, 0.3) is 0 Å². The Bertz CT molecular complexity index is 727. The van der Waals surface area contributed by atoms with Crippen molar-refractivity contribution < 1.29 is 8.81 Å². The fourth-order valence-electron chi connectivity index (χ4n) is 1.76. The van der Waals surface area contributed by atoms with Crippen LogP contribution < -0.4 is 0 Å². The molecule has 0 aliphatic heterocycles. The molecule has 0 N–H and O–H groups in total. The molecular formula is C13H10FN3O. The van der Waals surface area contributed by atoms with Crippen molar-refractivity contribution in [2.75, 3.05) is 0 Å². The van der Waals surface area contributed by atoms with E-state index in [1.807, 2.05) is 17.8 Å². The molecular weight excluding hydrogens is 233 g/mol. The molecule has 3 aromatic rings. The maximum Gasteiger partial charge on any atom is 0.150 e. The molecule has 5 heteroatoms. The first-order valence-corrected chi connectivity index (χ1v) is 5.41. The number of hydrogen-bond donors (Lipinski definition) is 0. The zero-order valence-corrected chi connectivity index (χ0v) is 9.67. The van der Waals surface area contributed by atoms with Crippen molar-refractivity contribution >= 4 is 22.7 Å². The van der Waals surface area contributed by atoms with Crippen molar-refractivity contribution in [2.24, 2.45) is 12.0 Å². The quantitative estimate of drug-likeness (QED) is 0.649. The highest BCUT2D eigenvalue weighted by atomic mass is 19.1. The average Bonchev–Trinajstić information content (AvgIpc) is 2.94. The predicted octanol–water partition coefficient (Wildman–Crippen LogP) is 3.06. The number of aryl methyl sites for hydroxylation is 1. The van der Waals surface area contributed by atoms with Gasteiger partial charge in [0.2, 0.25) is 0 Å². The van der Waals surface area contributed by atoms with E-state index in [2.05, 4.69) is 9.98 Å². The summed E-state index contributed by atoms with van der Waals surface area (Å²) in [5.41, 5.74) is 0.529. The Morgan fingerprint density at radius 1 is 1.39 bits per heavy atom. The van der Waals surface area contributed by atoms with E-state index in [1.165, 1.54) is 18.4 Å². The molecule has 0 spiro atoms. The molecule has 4 nitrogen and oxygen atoms in total. The topological polar surface area (TPSA) is 43.3 Å². The van der Waals surface area contributed by atoms with Crippen LogP contribution in [0.4, 0.5) is 10.1 Å². The Kier molecular flexibility index (Phi) is 2.44. The SMILES string of the molecule is Cn1ccnc1C=Nc1cc(F)cc2cocc12. The summed E-state index contributed by atoms with van der Waals surface area (Å²) in [6.07, 6.45) is 8.15. The second-order valence-electron chi connectivity index (χ2n) is 3.95. The third-order valence-corrected chi connectivity index (χ3v) is 2.71. The average molecular weight is 243 g/mol. The lowest BCUT2D eigenvalue weighted by Gasteiger charge is -1.97. The molecule has 0 aliphatic carbocycles. The van der Waals surface area contributed by atoms with Gasteiger partial charge in [-0.05, 0) is 6.07 Å². The van der Waals surface area contributed by atoms with Gasteiger partial charge in [-0.3, -0.25) is 4.99 Å². The molecule has 0 unspecified atom stereocenters. The summed E-state index contributed by atoms with van der Waals surface area (Å²) in [4.78, 5) is 8.38. The Labute approximate surface area is 102 Å². The third kappa shape index (κ3) is 1.79. The van der Waals surface area contributed by atoms with Crippen LogP contribution in [0.25, 0.3) is 10.8 Å². The Balaban J connectivity index is 2.07. The van der Waals surface area contributed by atoms with Gasteiger partial charge in [0.1, 0.15) is 12.1 Å². The lowest BCUT2D eigenvalue weighted by atomic mass is 10.2. The normalized spacial score (nSPS) is 11.7. The molecule has 1 aromatic carbocycles. The predicted molar refractivity (Wildman–Crippen MR) is 66.6 cm³/mol. The Hall–Kier alpha value is -2.43. The zero-order valence-electron chi connectivity index (χ0n) is 9.67. The van der Waals surface area contributed by atoms with Crippen molar-refractivity contribution in [3.8, 4) is 0 Å². The molecule has 18 heavy (non-hydrogen) atoms. The molecule has 0 amide bonds. The van der Waals surface area contributed by atoms with E-state index in [1.54, 1.807) is 18.7 Å². The molecule has 0 atom stereocenters. The van der Waals surface area contributed by atoms with Gasteiger partial charge in [0.15, 0.2) is 5.82 Å². The molecule has 2 heterocycles. The Morgan fingerprint density at radius 2 is 2.28 bits per heavy atom. The van der Waals surface area contributed by atoms with E-state index >= 15 is 0 Å². The Morgan fingerprint density at radius 3 is 3.06 bits per heavy atom. The number of furan rings is 1. The molecule has 3 rings (SSSR count). The van der Waals surface area contributed by atoms with Gasteiger partial charge >= 0.3 is 0 Å². The molecule has 90 valence electrons. The smallest absolute Gasteiger partial charge is 0.150 e. The lowest BCUT2D eigenvalue weighted by molar-refractivity contribution is 0.572. The van der Waals surface area contributed by atoms with Crippen LogP contribution >= 0.6 is 0 Å². The summed E-state index contributed by atoms with van der Waals surface area (Å²) in [5.74, 6) is 0.367. The van der Waals surface area contributed by atoms with E-state index in [0.29, 0.717) is 16.9 Å². The highest BCUT2D eigenvalue weighted by Crippen LogP contribution is 2.28. The number of benzene rings is 1. The fraction of sp³-hybridized carbons (Fsp3) is 0.0769. The van der Waals surface area contributed by atoms with Crippen molar-refractivity contribution in [3.63, 3.8) is 0 Å². The van der Waals surface area contributed by atoms with E-state index in [4.69, 9.17) is 4.42 Å². The van der Waals surface area contributed by atoms with E-state index in [0.717, 1.165) is 5.39 Å². The van der Waals surface area contributed by atoms with Crippen molar-refractivity contribution in [1.29, 1.82) is 0 Å².